The molecule has 7 nitrogen and oxygen atoms in total. The summed E-state index contributed by atoms with van der Waals surface area (Å²) < 4.78 is 33.1. The second kappa shape index (κ2) is 11.2. The van der Waals surface area contributed by atoms with Crippen molar-refractivity contribution < 1.29 is 17.9 Å². The second-order valence-corrected chi connectivity index (χ2v) is 9.02. The van der Waals surface area contributed by atoms with Crippen LogP contribution < -0.4 is 10.0 Å². The van der Waals surface area contributed by atoms with E-state index < -0.39 is 10.0 Å². The normalized spacial score (nSPS) is 15.1. The number of unbranched alkanes of at least 4 members (excludes halogenated alkanes) is 1. The summed E-state index contributed by atoms with van der Waals surface area (Å²) in [5, 5.41) is 2.88. The summed E-state index contributed by atoms with van der Waals surface area (Å²) in [7, 11) is -3.70. The molecule has 8 heteroatoms. The van der Waals surface area contributed by atoms with Crippen molar-refractivity contribution >= 4 is 15.9 Å². The van der Waals surface area contributed by atoms with Gasteiger partial charge in [0.05, 0.1) is 18.1 Å². The van der Waals surface area contributed by atoms with Crippen molar-refractivity contribution in [2.24, 2.45) is 0 Å². The first kappa shape index (κ1) is 22.4. The highest BCUT2D eigenvalue weighted by atomic mass is 32.2. The van der Waals surface area contributed by atoms with Crippen molar-refractivity contribution in [1.29, 1.82) is 0 Å². The molecule has 1 amide bonds. The lowest BCUT2D eigenvalue weighted by molar-refractivity contribution is 0.0372. The highest BCUT2D eigenvalue weighted by molar-refractivity contribution is 7.89. The minimum atomic E-state index is -3.70. The average Bonchev–Trinajstić information content (AvgIpc) is 2.79. The SMILES string of the molecule is O=C(NCCCCN1CCOCC1)c1cccc(S(=O)(=O)NCc2ccccc2)c1. The number of rotatable bonds is 10. The number of hydrogen-bond donors (Lipinski definition) is 2. The highest BCUT2D eigenvalue weighted by Crippen LogP contribution is 2.12. The van der Waals surface area contributed by atoms with E-state index in [0.29, 0.717) is 12.1 Å². The topological polar surface area (TPSA) is 87.7 Å². The summed E-state index contributed by atoms with van der Waals surface area (Å²) in [6.07, 6.45) is 1.87. The monoisotopic (exact) mass is 431 g/mol. The van der Waals surface area contributed by atoms with E-state index in [-0.39, 0.29) is 17.3 Å². The number of ether oxygens (including phenoxy) is 1. The minimum absolute atomic E-state index is 0.0819. The Hall–Kier alpha value is -2.26. The average molecular weight is 432 g/mol. The van der Waals surface area contributed by atoms with E-state index in [1.165, 1.54) is 12.1 Å². The summed E-state index contributed by atoms with van der Waals surface area (Å²) >= 11 is 0. The predicted octanol–water partition coefficient (Wildman–Crippen LogP) is 2.01. The summed E-state index contributed by atoms with van der Waals surface area (Å²) in [6, 6.07) is 15.4. The van der Waals surface area contributed by atoms with E-state index in [0.717, 1.165) is 51.3 Å². The van der Waals surface area contributed by atoms with E-state index >= 15 is 0 Å². The Morgan fingerprint density at radius 3 is 2.53 bits per heavy atom. The molecule has 1 heterocycles. The number of morpholine rings is 1. The van der Waals surface area contributed by atoms with Gasteiger partial charge in [-0.3, -0.25) is 9.69 Å². The molecule has 0 unspecified atom stereocenters. The van der Waals surface area contributed by atoms with Crippen molar-refractivity contribution in [2.75, 3.05) is 39.4 Å². The number of nitrogens with one attached hydrogen (secondary N) is 2. The van der Waals surface area contributed by atoms with Gasteiger partial charge in [0.25, 0.3) is 5.91 Å². The van der Waals surface area contributed by atoms with Crippen LogP contribution in [0.2, 0.25) is 0 Å². The Labute approximate surface area is 178 Å². The predicted molar refractivity (Wildman–Crippen MR) is 116 cm³/mol. The molecule has 1 aliphatic heterocycles. The summed E-state index contributed by atoms with van der Waals surface area (Å²) in [4.78, 5) is 14.9. The van der Waals surface area contributed by atoms with E-state index in [1.54, 1.807) is 12.1 Å². The Morgan fingerprint density at radius 1 is 1.00 bits per heavy atom. The quantitative estimate of drug-likeness (QED) is 0.562. The van der Waals surface area contributed by atoms with Gasteiger partial charge in [-0.25, -0.2) is 13.1 Å². The first-order valence-corrected chi connectivity index (χ1v) is 11.7. The molecule has 0 saturated carbocycles. The molecule has 30 heavy (non-hydrogen) atoms. The standard InChI is InChI=1S/C22H29N3O4S/c26-22(23-11-4-5-12-25-13-15-29-16-14-25)20-9-6-10-21(17-20)30(27,28)24-18-19-7-2-1-3-8-19/h1-3,6-10,17,24H,4-5,11-16,18H2,(H,23,26). The van der Waals surface area contributed by atoms with Crippen LogP contribution in [0, 0.1) is 0 Å². The fourth-order valence-corrected chi connectivity index (χ4v) is 4.31. The van der Waals surface area contributed by atoms with Gasteiger partial charge >= 0.3 is 0 Å². The number of carbonyl (C=O) groups is 1. The lowest BCUT2D eigenvalue weighted by Gasteiger charge is -2.26. The van der Waals surface area contributed by atoms with E-state index in [4.69, 9.17) is 4.74 Å². The van der Waals surface area contributed by atoms with Crippen molar-refractivity contribution in [1.82, 2.24) is 14.9 Å². The van der Waals surface area contributed by atoms with Crippen molar-refractivity contribution in [3.63, 3.8) is 0 Å². The smallest absolute Gasteiger partial charge is 0.251 e. The number of sulfonamides is 1. The molecule has 0 radical (unpaired) electrons. The van der Waals surface area contributed by atoms with Gasteiger partial charge in [0, 0.05) is 31.7 Å². The highest BCUT2D eigenvalue weighted by Gasteiger charge is 2.16. The van der Waals surface area contributed by atoms with Crippen molar-refractivity contribution in [3.8, 4) is 0 Å². The van der Waals surface area contributed by atoms with Crippen molar-refractivity contribution in [2.45, 2.75) is 24.3 Å². The second-order valence-electron chi connectivity index (χ2n) is 7.26. The zero-order chi connectivity index (χ0) is 21.2. The first-order valence-electron chi connectivity index (χ1n) is 10.3. The molecule has 0 spiro atoms. The van der Waals surface area contributed by atoms with Gasteiger partial charge in [0.2, 0.25) is 10.0 Å². The summed E-state index contributed by atoms with van der Waals surface area (Å²) in [5.41, 5.74) is 1.21. The number of amides is 1. The molecule has 0 aromatic heterocycles. The van der Waals surface area contributed by atoms with Gasteiger partial charge in [-0.05, 0) is 43.1 Å². The molecule has 162 valence electrons. The summed E-state index contributed by atoms with van der Waals surface area (Å²) in [5.74, 6) is -0.263. The lowest BCUT2D eigenvalue weighted by atomic mass is 10.2. The molecule has 1 aliphatic rings. The molecule has 2 aromatic carbocycles. The molecule has 2 N–H and O–H groups in total. The van der Waals surface area contributed by atoms with Crippen LogP contribution in [0.5, 0.6) is 0 Å². The maximum absolute atomic E-state index is 12.6. The number of benzene rings is 2. The van der Waals surface area contributed by atoms with E-state index in [2.05, 4.69) is 14.9 Å². The van der Waals surface area contributed by atoms with Crippen LogP contribution in [0.25, 0.3) is 0 Å². The molecule has 2 aromatic rings. The number of hydrogen-bond acceptors (Lipinski definition) is 5. The van der Waals surface area contributed by atoms with Crippen LogP contribution in [0.3, 0.4) is 0 Å². The Balaban J connectivity index is 1.46. The molecule has 0 aliphatic carbocycles. The Bertz CT molecular complexity index is 913. The molecule has 0 atom stereocenters. The molecular formula is C22H29N3O4S. The van der Waals surface area contributed by atoms with Crippen LogP contribution in [0.1, 0.15) is 28.8 Å². The fraction of sp³-hybridized carbons (Fsp3) is 0.409. The Morgan fingerprint density at radius 2 is 1.77 bits per heavy atom. The van der Waals surface area contributed by atoms with E-state index in [1.807, 2.05) is 30.3 Å². The van der Waals surface area contributed by atoms with Crippen LogP contribution >= 0.6 is 0 Å². The molecule has 0 bridgehead atoms. The zero-order valence-corrected chi connectivity index (χ0v) is 17.9. The van der Waals surface area contributed by atoms with Gasteiger partial charge in [-0.1, -0.05) is 36.4 Å². The van der Waals surface area contributed by atoms with Crippen LogP contribution in [0.4, 0.5) is 0 Å². The minimum Gasteiger partial charge on any atom is -0.379 e. The fourth-order valence-electron chi connectivity index (χ4n) is 3.25. The largest absolute Gasteiger partial charge is 0.379 e. The van der Waals surface area contributed by atoms with E-state index in [9.17, 15) is 13.2 Å². The number of nitrogens with zero attached hydrogens (tertiary/aromatic N) is 1. The first-order chi connectivity index (χ1) is 14.5. The van der Waals surface area contributed by atoms with Crippen molar-refractivity contribution in [3.05, 3.63) is 65.7 Å². The van der Waals surface area contributed by atoms with Crippen LogP contribution in [-0.2, 0) is 21.3 Å². The third-order valence-corrected chi connectivity index (χ3v) is 6.40. The molecule has 1 saturated heterocycles. The number of carbonyl (C=O) groups excluding carboxylic acids is 1. The zero-order valence-electron chi connectivity index (χ0n) is 17.0. The van der Waals surface area contributed by atoms with Crippen LogP contribution in [0.15, 0.2) is 59.5 Å². The van der Waals surface area contributed by atoms with Gasteiger partial charge < -0.3 is 10.1 Å². The maximum Gasteiger partial charge on any atom is 0.251 e. The molecular weight excluding hydrogens is 402 g/mol. The van der Waals surface area contributed by atoms with Gasteiger partial charge in [0.15, 0.2) is 0 Å². The van der Waals surface area contributed by atoms with Gasteiger partial charge in [-0.15, -0.1) is 0 Å². The third-order valence-electron chi connectivity index (χ3n) is 5.01. The molecule has 3 rings (SSSR count). The maximum atomic E-state index is 12.6. The molecule has 1 fully saturated rings. The van der Waals surface area contributed by atoms with Gasteiger partial charge in [-0.2, -0.15) is 0 Å². The van der Waals surface area contributed by atoms with Gasteiger partial charge in [0.1, 0.15) is 0 Å². The van der Waals surface area contributed by atoms with Crippen LogP contribution in [-0.4, -0.2) is 58.6 Å². The Kier molecular flexibility index (Phi) is 8.39. The lowest BCUT2D eigenvalue weighted by Crippen LogP contribution is -2.37. The third kappa shape index (κ3) is 6.91. The summed E-state index contributed by atoms with van der Waals surface area (Å²) in [6.45, 7) is 5.26.